The van der Waals surface area contributed by atoms with Crippen molar-refractivity contribution in [3.05, 3.63) is 0 Å². The van der Waals surface area contributed by atoms with Crippen LogP contribution in [0.5, 0.6) is 0 Å². The van der Waals surface area contributed by atoms with E-state index in [1.165, 1.54) is 19.3 Å². The maximum Gasteiger partial charge on any atom is 0.0700 e. The zero-order valence-corrected chi connectivity index (χ0v) is 8.68. The minimum atomic E-state index is 0.275. The second-order valence-corrected chi connectivity index (χ2v) is 3.54. The van der Waals surface area contributed by atoms with Crippen molar-refractivity contribution >= 4 is 0 Å². The Morgan fingerprint density at radius 1 is 1.25 bits per heavy atom. The molecule has 0 aliphatic carbocycles. The molecular formula is C10H23NO. The van der Waals surface area contributed by atoms with Crippen LogP contribution >= 0.6 is 0 Å². The molecule has 0 bridgehead atoms. The van der Waals surface area contributed by atoms with Gasteiger partial charge in [0.25, 0.3) is 0 Å². The maximum absolute atomic E-state index is 5.62. The standard InChI is InChI=1S/C10H23NO/c1-4-5-6-7-10(8-11)12-9(2)3/h9-10H,4-8,11H2,1-3H3. The van der Waals surface area contributed by atoms with E-state index in [0.717, 1.165) is 6.42 Å². The van der Waals surface area contributed by atoms with Crippen LogP contribution in [-0.2, 0) is 4.74 Å². The second kappa shape index (κ2) is 7.56. The van der Waals surface area contributed by atoms with Crippen molar-refractivity contribution in [3.63, 3.8) is 0 Å². The first-order valence-electron chi connectivity index (χ1n) is 5.06. The lowest BCUT2D eigenvalue weighted by Gasteiger charge is -2.18. The molecule has 1 atom stereocenters. The van der Waals surface area contributed by atoms with E-state index < -0.39 is 0 Å². The van der Waals surface area contributed by atoms with Gasteiger partial charge in [0.15, 0.2) is 0 Å². The van der Waals surface area contributed by atoms with Gasteiger partial charge in [-0.2, -0.15) is 0 Å². The molecule has 2 heteroatoms. The molecule has 0 aliphatic rings. The normalized spacial score (nSPS) is 13.8. The number of hydrogen-bond donors (Lipinski definition) is 1. The molecule has 0 saturated heterocycles. The molecule has 1 unspecified atom stereocenters. The van der Waals surface area contributed by atoms with Crippen LogP contribution in [0.3, 0.4) is 0 Å². The Labute approximate surface area is 76.5 Å². The van der Waals surface area contributed by atoms with Crippen molar-refractivity contribution in [3.8, 4) is 0 Å². The van der Waals surface area contributed by atoms with E-state index in [4.69, 9.17) is 10.5 Å². The monoisotopic (exact) mass is 173 g/mol. The van der Waals surface area contributed by atoms with Gasteiger partial charge in [-0.05, 0) is 20.3 Å². The molecule has 0 rings (SSSR count). The molecule has 0 aromatic carbocycles. The number of hydrogen-bond acceptors (Lipinski definition) is 2. The Balaban J connectivity index is 3.39. The lowest BCUT2D eigenvalue weighted by Crippen LogP contribution is -2.26. The first-order chi connectivity index (χ1) is 5.70. The van der Waals surface area contributed by atoms with Crippen LogP contribution < -0.4 is 5.73 Å². The Morgan fingerprint density at radius 2 is 1.92 bits per heavy atom. The topological polar surface area (TPSA) is 35.2 Å². The summed E-state index contributed by atoms with van der Waals surface area (Å²) in [6, 6.07) is 0. The minimum Gasteiger partial charge on any atom is -0.374 e. The van der Waals surface area contributed by atoms with E-state index in [2.05, 4.69) is 20.8 Å². The summed E-state index contributed by atoms with van der Waals surface area (Å²) in [7, 11) is 0. The number of nitrogens with two attached hydrogens (primary N) is 1. The Morgan fingerprint density at radius 3 is 2.33 bits per heavy atom. The van der Waals surface area contributed by atoms with E-state index in [1.54, 1.807) is 0 Å². The van der Waals surface area contributed by atoms with E-state index in [1.807, 2.05) is 0 Å². The number of ether oxygens (including phenoxy) is 1. The highest BCUT2D eigenvalue weighted by atomic mass is 16.5. The molecule has 2 N–H and O–H groups in total. The van der Waals surface area contributed by atoms with Crippen LogP contribution in [0.4, 0.5) is 0 Å². The predicted molar refractivity (Wildman–Crippen MR) is 53.2 cm³/mol. The zero-order chi connectivity index (χ0) is 9.40. The van der Waals surface area contributed by atoms with E-state index >= 15 is 0 Å². The zero-order valence-electron chi connectivity index (χ0n) is 8.68. The molecule has 0 radical (unpaired) electrons. The first-order valence-corrected chi connectivity index (χ1v) is 5.06. The summed E-state index contributed by atoms with van der Waals surface area (Å²) in [6.45, 7) is 6.98. The lowest BCUT2D eigenvalue weighted by atomic mass is 10.1. The average Bonchev–Trinajstić information content (AvgIpc) is 2.02. The Kier molecular flexibility index (Phi) is 7.51. The smallest absolute Gasteiger partial charge is 0.0700 e. The molecule has 0 aromatic heterocycles. The van der Waals surface area contributed by atoms with Crippen LogP contribution in [0.2, 0.25) is 0 Å². The van der Waals surface area contributed by atoms with Gasteiger partial charge in [-0.25, -0.2) is 0 Å². The van der Waals surface area contributed by atoms with Crippen molar-refractivity contribution < 1.29 is 4.74 Å². The minimum absolute atomic E-state index is 0.275. The van der Waals surface area contributed by atoms with Gasteiger partial charge in [0, 0.05) is 6.54 Å². The highest BCUT2D eigenvalue weighted by Crippen LogP contribution is 2.07. The molecule has 0 spiro atoms. The van der Waals surface area contributed by atoms with Crippen LogP contribution in [-0.4, -0.2) is 18.8 Å². The molecule has 74 valence electrons. The fourth-order valence-electron chi connectivity index (χ4n) is 1.25. The van der Waals surface area contributed by atoms with Crippen molar-refractivity contribution in [2.75, 3.05) is 6.54 Å². The van der Waals surface area contributed by atoms with Crippen LogP contribution in [0.1, 0.15) is 46.5 Å². The molecule has 0 aliphatic heterocycles. The van der Waals surface area contributed by atoms with Crippen LogP contribution in [0.15, 0.2) is 0 Å². The summed E-state index contributed by atoms with van der Waals surface area (Å²) in [5.74, 6) is 0. The molecule has 0 saturated carbocycles. The fraction of sp³-hybridized carbons (Fsp3) is 1.00. The van der Waals surface area contributed by atoms with Gasteiger partial charge in [0.1, 0.15) is 0 Å². The molecule has 2 nitrogen and oxygen atoms in total. The Hall–Kier alpha value is -0.0800. The third kappa shape index (κ3) is 6.62. The first kappa shape index (κ1) is 11.9. The lowest BCUT2D eigenvalue weighted by molar-refractivity contribution is 0.00742. The van der Waals surface area contributed by atoms with Crippen LogP contribution in [0, 0.1) is 0 Å². The molecule has 0 aromatic rings. The van der Waals surface area contributed by atoms with Gasteiger partial charge in [-0.3, -0.25) is 0 Å². The van der Waals surface area contributed by atoms with Gasteiger partial charge in [0.2, 0.25) is 0 Å². The predicted octanol–water partition coefficient (Wildman–Crippen LogP) is 2.32. The van der Waals surface area contributed by atoms with Crippen molar-refractivity contribution in [1.29, 1.82) is 0 Å². The number of unbranched alkanes of at least 4 members (excludes halogenated alkanes) is 2. The third-order valence-electron chi connectivity index (χ3n) is 1.86. The summed E-state index contributed by atoms with van der Waals surface area (Å²) >= 11 is 0. The van der Waals surface area contributed by atoms with Gasteiger partial charge >= 0.3 is 0 Å². The second-order valence-electron chi connectivity index (χ2n) is 3.54. The summed E-state index contributed by atoms with van der Waals surface area (Å²) in [6.07, 6.45) is 5.49. The summed E-state index contributed by atoms with van der Waals surface area (Å²) in [4.78, 5) is 0. The highest BCUT2D eigenvalue weighted by molar-refractivity contribution is 4.59. The van der Waals surface area contributed by atoms with E-state index in [0.29, 0.717) is 12.6 Å². The quantitative estimate of drug-likeness (QED) is 0.600. The van der Waals surface area contributed by atoms with E-state index in [-0.39, 0.29) is 6.10 Å². The summed E-state index contributed by atoms with van der Waals surface area (Å²) < 4.78 is 5.62. The SMILES string of the molecule is CCCCCC(CN)OC(C)C. The molecule has 12 heavy (non-hydrogen) atoms. The molecular weight excluding hydrogens is 150 g/mol. The van der Waals surface area contributed by atoms with Gasteiger partial charge in [0.05, 0.1) is 12.2 Å². The van der Waals surface area contributed by atoms with Gasteiger partial charge < -0.3 is 10.5 Å². The summed E-state index contributed by atoms with van der Waals surface area (Å²) in [5.41, 5.74) is 5.58. The van der Waals surface area contributed by atoms with Crippen molar-refractivity contribution in [2.24, 2.45) is 5.73 Å². The molecule has 0 fully saturated rings. The van der Waals surface area contributed by atoms with Crippen molar-refractivity contribution in [1.82, 2.24) is 0 Å². The largest absolute Gasteiger partial charge is 0.374 e. The highest BCUT2D eigenvalue weighted by Gasteiger charge is 2.07. The third-order valence-corrected chi connectivity index (χ3v) is 1.86. The van der Waals surface area contributed by atoms with Crippen molar-refractivity contribution in [2.45, 2.75) is 58.7 Å². The van der Waals surface area contributed by atoms with Crippen LogP contribution in [0.25, 0.3) is 0 Å². The van der Waals surface area contributed by atoms with Gasteiger partial charge in [-0.1, -0.05) is 26.2 Å². The average molecular weight is 173 g/mol. The molecule has 0 heterocycles. The fourth-order valence-corrected chi connectivity index (χ4v) is 1.25. The van der Waals surface area contributed by atoms with Gasteiger partial charge in [-0.15, -0.1) is 0 Å². The summed E-state index contributed by atoms with van der Waals surface area (Å²) in [5, 5.41) is 0. The number of rotatable bonds is 7. The van der Waals surface area contributed by atoms with E-state index in [9.17, 15) is 0 Å². The Bertz CT molecular complexity index is 93.8. The maximum atomic E-state index is 5.62. The molecule has 0 amide bonds.